The molecule has 39 heavy (non-hydrogen) atoms. The number of nitrogens with zero attached hydrogens (tertiary/aromatic N) is 5. The number of methoxy groups -OCH3 is 1. The van der Waals surface area contributed by atoms with Crippen LogP contribution in [0.5, 0.6) is 5.75 Å². The Morgan fingerprint density at radius 3 is 2.41 bits per heavy atom. The average Bonchev–Trinajstić information content (AvgIpc) is 3.73. The molecule has 0 bridgehead atoms. The number of hydrogen-bond acceptors (Lipinski definition) is 8. The summed E-state index contributed by atoms with van der Waals surface area (Å²) >= 11 is 0. The minimum absolute atomic E-state index is 0.00220. The van der Waals surface area contributed by atoms with E-state index in [1.54, 1.807) is 24.1 Å². The molecule has 0 radical (unpaired) electrons. The molecule has 5 rings (SSSR count). The summed E-state index contributed by atoms with van der Waals surface area (Å²) in [6.07, 6.45) is 2.17. The minimum atomic E-state index is -0.446. The number of amides is 2. The van der Waals surface area contributed by atoms with Gasteiger partial charge in [-0.2, -0.15) is 5.10 Å². The second kappa shape index (κ2) is 11.9. The number of carbonyl (C=O) groups is 2. The highest BCUT2D eigenvalue weighted by Gasteiger charge is 2.38. The van der Waals surface area contributed by atoms with Gasteiger partial charge in [0.2, 0.25) is 5.91 Å². The van der Waals surface area contributed by atoms with Gasteiger partial charge >= 0.3 is 0 Å². The first-order valence-electron chi connectivity index (χ1n) is 13.3. The molecule has 0 aromatic heterocycles. The zero-order chi connectivity index (χ0) is 27.4. The van der Waals surface area contributed by atoms with Gasteiger partial charge in [0.05, 0.1) is 37.0 Å². The van der Waals surface area contributed by atoms with Crippen LogP contribution in [0.2, 0.25) is 0 Å². The zero-order valence-corrected chi connectivity index (χ0v) is 22.0. The highest BCUT2D eigenvalue weighted by Crippen LogP contribution is 2.35. The van der Waals surface area contributed by atoms with E-state index in [-0.39, 0.29) is 36.0 Å². The summed E-state index contributed by atoms with van der Waals surface area (Å²) in [5.74, 6) is 0.466. The van der Waals surface area contributed by atoms with Crippen molar-refractivity contribution in [3.63, 3.8) is 0 Å². The summed E-state index contributed by atoms with van der Waals surface area (Å²) in [7, 11) is 1.60. The number of carbonyl (C=O) groups excluding carboxylic acids is 2. The van der Waals surface area contributed by atoms with Gasteiger partial charge in [-0.15, -0.1) is 0 Å². The van der Waals surface area contributed by atoms with Gasteiger partial charge < -0.3 is 14.4 Å². The van der Waals surface area contributed by atoms with Crippen LogP contribution in [0.15, 0.2) is 53.6 Å². The summed E-state index contributed by atoms with van der Waals surface area (Å²) in [4.78, 5) is 41.5. The molecule has 1 aliphatic carbocycles. The van der Waals surface area contributed by atoms with E-state index in [0.29, 0.717) is 49.7 Å². The Balaban J connectivity index is 1.37. The first kappa shape index (κ1) is 26.8. The summed E-state index contributed by atoms with van der Waals surface area (Å²) in [6, 6.07) is 13.3. The van der Waals surface area contributed by atoms with Crippen molar-refractivity contribution in [1.82, 2.24) is 14.8 Å². The minimum Gasteiger partial charge on any atom is -0.497 e. The number of hydrogen-bond donors (Lipinski definition) is 0. The molecule has 1 saturated heterocycles. The number of hydrazone groups is 1. The molecule has 206 valence electrons. The molecule has 1 saturated carbocycles. The maximum Gasteiger partial charge on any atom is 0.269 e. The van der Waals surface area contributed by atoms with Gasteiger partial charge in [0.1, 0.15) is 12.3 Å². The van der Waals surface area contributed by atoms with Crippen molar-refractivity contribution in [3.8, 4) is 5.75 Å². The van der Waals surface area contributed by atoms with Gasteiger partial charge in [0, 0.05) is 50.7 Å². The molecular weight excluding hydrogens is 502 g/mol. The molecule has 11 heteroatoms. The molecule has 2 fully saturated rings. The Labute approximate surface area is 227 Å². The number of benzene rings is 2. The van der Waals surface area contributed by atoms with Crippen LogP contribution in [0.1, 0.15) is 36.4 Å². The summed E-state index contributed by atoms with van der Waals surface area (Å²) < 4.78 is 10.7. The van der Waals surface area contributed by atoms with Crippen molar-refractivity contribution >= 4 is 23.2 Å². The summed E-state index contributed by atoms with van der Waals surface area (Å²) in [6.45, 7) is 4.08. The topological polar surface area (TPSA) is 118 Å². The highest BCUT2D eigenvalue weighted by molar-refractivity contribution is 6.03. The molecule has 0 spiro atoms. The average molecular weight is 536 g/mol. The Hall–Kier alpha value is -3.83. The van der Waals surface area contributed by atoms with Gasteiger partial charge in [-0.25, -0.2) is 5.01 Å². The fourth-order valence-corrected chi connectivity index (χ4v) is 4.95. The summed E-state index contributed by atoms with van der Waals surface area (Å²) in [5.41, 5.74) is 2.25. The Morgan fingerprint density at radius 2 is 1.79 bits per heavy atom. The van der Waals surface area contributed by atoms with Crippen LogP contribution in [0, 0.1) is 16.0 Å². The van der Waals surface area contributed by atoms with Crippen molar-refractivity contribution < 1.29 is 24.0 Å². The lowest BCUT2D eigenvalue weighted by Gasteiger charge is -2.31. The number of nitro groups is 1. The Kier molecular flexibility index (Phi) is 8.18. The number of ether oxygens (including phenoxy) is 2. The molecular formula is C28H33N5O6. The number of nitro benzene ring substituents is 1. The lowest BCUT2D eigenvalue weighted by molar-refractivity contribution is -0.384. The fraction of sp³-hybridized carbons (Fsp3) is 0.464. The molecule has 2 heterocycles. The van der Waals surface area contributed by atoms with E-state index in [9.17, 15) is 19.7 Å². The van der Waals surface area contributed by atoms with Crippen LogP contribution in [0.25, 0.3) is 0 Å². The monoisotopic (exact) mass is 535 g/mol. The number of non-ortho nitro benzene ring substituents is 1. The molecule has 2 aromatic carbocycles. The van der Waals surface area contributed by atoms with Crippen LogP contribution >= 0.6 is 0 Å². The number of rotatable bonds is 10. The quantitative estimate of drug-likeness (QED) is 0.339. The maximum absolute atomic E-state index is 13.8. The number of morpholine rings is 1. The van der Waals surface area contributed by atoms with Crippen molar-refractivity contribution in [2.45, 2.75) is 25.3 Å². The zero-order valence-electron chi connectivity index (χ0n) is 22.0. The second-order valence-electron chi connectivity index (χ2n) is 10.1. The van der Waals surface area contributed by atoms with Gasteiger partial charge in [0.15, 0.2) is 0 Å². The SMILES string of the molecule is COc1ccc(C2CC(c3ccc([N+](=O)[O-])cc3)=NN2C(=O)CN(CCN2CCOCC2)C(=O)C2CC2)cc1. The van der Waals surface area contributed by atoms with E-state index < -0.39 is 4.92 Å². The molecule has 0 N–H and O–H groups in total. The molecule has 1 unspecified atom stereocenters. The third-order valence-corrected chi connectivity index (χ3v) is 7.43. The van der Waals surface area contributed by atoms with E-state index in [0.717, 1.165) is 31.5 Å². The second-order valence-corrected chi connectivity index (χ2v) is 10.1. The van der Waals surface area contributed by atoms with Gasteiger partial charge in [0.25, 0.3) is 11.6 Å². The Morgan fingerprint density at radius 1 is 1.10 bits per heavy atom. The molecule has 2 amide bonds. The van der Waals surface area contributed by atoms with Crippen LogP contribution in [-0.4, -0.2) is 90.3 Å². The predicted molar refractivity (Wildman–Crippen MR) is 143 cm³/mol. The van der Waals surface area contributed by atoms with Gasteiger partial charge in [-0.1, -0.05) is 12.1 Å². The summed E-state index contributed by atoms with van der Waals surface area (Å²) in [5, 5.41) is 17.3. The first-order valence-corrected chi connectivity index (χ1v) is 13.3. The van der Waals surface area contributed by atoms with Crippen LogP contribution < -0.4 is 4.74 Å². The maximum atomic E-state index is 13.8. The smallest absolute Gasteiger partial charge is 0.269 e. The van der Waals surface area contributed by atoms with Crippen molar-refractivity contribution in [2.24, 2.45) is 11.0 Å². The molecule has 1 atom stereocenters. The van der Waals surface area contributed by atoms with Crippen molar-refractivity contribution in [3.05, 3.63) is 69.8 Å². The first-order chi connectivity index (χ1) is 18.9. The normalized spacial score (nSPS) is 19.5. The van der Waals surface area contributed by atoms with E-state index in [2.05, 4.69) is 4.90 Å². The van der Waals surface area contributed by atoms with Crippen molar-refractivity contribution in [1.29, 1.82) is 0 Å². The van der Waals surface area contributed by atoms with E-state index in [1.165, 1.54) is 17.1 Å². The third-order valence-electron chi connectivity index (χ3n) is 7.43. The van der Waals surface area contributed by atoms with Gasteiger partial charge in [-0.05, 0) is 48.2 Å². The standard InChI is InChI=1S/C28H33N5O6/c1-38-24-10-6-21(7-11-24)26-18-25(20-4-8-23(9-5-20)33(36)37)29-32(26)27(34)19-31(28(35)22-2-3-22)13-12-30-14-16-39-17-15-30/h4-11,22,26H,2-3,12-19H2,1H3. The predicted octanol–water partition coefficient (Wildman–Crippen LogP) is 2.85. The van der Waals surface area contributed by atoms with E-state index in [1.807, 2.05) is 24.3 Å². The highest BCUT2D eigenvalue weighted by atomic mass is 16.6. The van der Waals surface area contributed by atoms with E-state index in [4.69, 9.17) is 14.6 Å². The fourth-order valence-electron chi connectivity index (χ4n) is 4.95. The van der Waals surface area contributed by atoms with Gasteiger partial charge in [-0.3, -0.25) is 24.6 Å². The van der Waals surface area contributed by atoms with Crippen LogP contribution in [0.3, 0.4) is 0 Å². The lowest BCUT2D eigenvalue weighted by Crippen LogP contribution is -2.47. The lowest BCUT2D eigenvalue weighted by atomic mass is 9.98. The largest absolute Gasteiger partial charge is 0.497 e. The molecule has 2 aromatic rings. The third kappa shape index (κ3) is 6.43. The van der Waals surface area contributed by atoms with E-state index >= 15 is 0 Å². The van der Waals surface area contributed by atoms with Crippen LogP contribution in [0.4, 0.5) is 5.69 Å². The Bertz CT molecular complexity index is 1220. The molecule has 2 aliphatic heterocycles. The molecule has 11 nitrogen and oxygen atoms in total. The van der Waals surface area contributed by atoms with Crippen molar-refractivity contribution in [2.75, 3.05) is 53.0 Å². The van der Waals surface area contributed by atoms with Crippen LogP contribution in [-0.2, 0) is 14.3 Å². The molecule has 3 aliphatic rings.